The number of alkyl halides is 3. The molecule has 0 spiro atoms. The number of nitrogens with zero attached hydrogens (tertiary/aromatic N) is 3. The molecule has 1 amide bonds. The third kappa shape index (κ3) is 3.79. The highest BCUT2D eigenvalue weighted by atomic mass is 19.4. The van der Waals surface area contributed by atoms with Crippen molar-refractivity contribution in [2.45, 2.75) is 38.5 Å². The van der Waals surface area contributed by atoms with Gasteiger partial charge in [0.1, 0.15) is 30.5 Å². The molecule has 152 valence electrons. The number of amides is 1. The largest absolute Gasteiger partial charge is 0.497 e. The molecule has 7 nitrogen and oxygen atoms in total. The molecule has 1 aliphatic rings. The second kappa shape index (κ2) is 7.04. The predicted octanol–water partition coefficient (Wildman–Crippen LogP) is 2.29. The number of rotatable bonds is 5. The molecule has 2 N–H and O–H groups in total. The van der Waals surface area contributed by atoms with Crippen LogP contribution in [0.2, 0.25) is 0 Å². The summed E-state index contributed by atoms with van der Waals surface area (Å²) < 4.78 is 52.6. The molecule has 1 unspecified atom stereocenters. The normalized spacial score (nSPS) is 17.6. The van der Waals surface area contributed by atoms with Gasteiger partial charge in [-0.3, -0.25) is 14.3 Å². The van der Waals surface area contributed by atoms with Crippen LogP contribution in [0.5, 0.6) is 0 Å². The van der Waals surface area contributed by atoms with E-state index in [1.807, 2.05) is 0 Å². The van der Waals surface area contributed by atoms with E-state index >= 15 is 0 Å². The molecule has 1 aromatic heterocycles. The van der Waals surface area contributed by atoms with Gasteiger partial charge in [-0.25, -0.2) is 9.18 Å². The molecule has 2 heterocycles. The number of quaternary nitrogens is 1. The van der Waals surface area contributed by atoms with E-state index in [0.29, 0.717) is 18.2 Å². The first kappa shape index (κ1) is 20.1. The van der Waals surface area contributed by atoms with Crippen molar-refractivity contribution in [1.29, 1.82) is 0 Å². The van der Waals surface area contributed by atoms with Crippen LogP contribution in [0.4, 0.5) is 17.6 Å². The van der Waals surface area contributed by atoms with Gasteiger partial charge in [0.25, 0.3) is 5.91 Å². The zero-order chi connectivity index (χ0) is 20.7. The Bertz CT molecular complexity index is 919. The third-order valence-electron chi connectivity index (χ3n) is 4.96. The highest BCUT2D eigenvalue weighted by Crippen LogP contribution is 2.29. The molecule has 1 aromatic carbocycles. The van der Waals surface area contributed by atoms with E-state index < -0.39 is 34.6 Å². The number of aromatic nitrogens is 2. The number of benzene rings is 1. The maximum absolute atomic E-state index is 13.7. The second-order valence-corrected chi connectivity index (χ2v) is 6.94. The lowest BCUT2D eigenvalue weighted by Crippen LogP contribution is -2.56. The maximum Gasteiger partial charge on any atom is 0.497 e. The summed E-state index contributed by atoms with van der Waals surface area (Å²) in [5, 5.41) is 4.56. The summed E-state index contributed by atoms with van der Waals surface area (Å²) in [4.78, 5) is 27.8. The number of nitrogens with two attached hydrogens (primary N) is 1. The molecule has 0 radical (unpaired) electrons. The van der Waals surface area contributed by atoms with Crippen LogP contribution < -0.4 is 5.73 Å². The average Bonchev–Trinajstić information content (AvgIpc) is 3.20. The van der Waals surface area contributed by atoms with Crippen molar-refractivity contribution in [2.75, 3.05) is 13.1 Å². The number of fused-ring (bicyclic) bond motifs is 1. The van der Waals surface area contributed by atoms with E-state index in [0.717, 1.165) is 6.07 Å². The Balaban J connectivity index is 1.88. The van der Waals surface area contributed by atoms with E-state index in [9.17, 15) is 27.2 Å². The van der Waals surface area contributed by atoms with Gasteiger partial charge in [-0.2, -0.15) is 18.3 Å². The van der Waals surface area contributed by atoms with Crippen molar-refractivity contribution in [3.05, 3.63) is 29.7 Å². The summed E-state index contributed by atoms with van der Waals surface area (Å²) in [5.74, 6) is -3.73. The first-order valence-corrected chi connectivity index (χ1v) is 8.66. The molecule has 1 saturated heterocycles. The monoisotopic (exact) mass is 403 g/mol. The topological polar surface area (TPSA) is 87.2 Å². The van der Waals surface area contributed by atoms with Crippen LogP contribution in [-0.2, 0) is 16.2 Å². The molecular formula is C17H19F4N4O3+. The van der Waals surface area contributed by atoms with Gasteiger partial charge in [0.05, 0.1) is 12.1 Å². The lowest BCUT2D eigenvalue weighted by Gasteiger charge is -2.35. The van der Waals surface area contributed by atoms with E-state index in [4.69, 9.17) is 10.6 Å². The molecule has 0 saturated carbocycles. The van der Waals surface area contributed by atoms with Crippen LogP contribution >= 0.6 is 0 Å². The van der Waals surface area contributed by atoms with Crippen LogP contribution in [-0.4, -0.2) is 51.6 Å². The van der Waals surface area contributed by atoms with E-state index in [-0.39, 0.29) is 30.7 Å². The Labute approximate surface area is 157 Å². The van der Waals surface area contributed by atoms with Crippen LogP contribution in [0, 0.1) is 5.82 Å². The van der Waals surface area contributed by atoms with Crippen molar-refractivity contribution < 1.29 is 36.6 Å². The molecule has 1 aliphatic heterocycles. The van der Waals surface area contributed by atoms with Crippen LogP contribution in [0.25, 0.3) is 10.9 Å². The SMILES string of the molecule is CC(Cn1cc2cc(F)cc(C(N)=O)c2n1)[N+]1(OC(=O)C(F)(F)F)CCCC1. The fraction of sp³-hybridized carbons (Fsp3) is 0.471. The third-order valence-corrected chi connectivity index (χ3v) is 4.96. The van der Waals surface area contributed by atoms with Gasteiger partial charge in [0, 0.05) is 24.4 Å². The van der Waals surface area contributed by atoms with Crippen molar-refractivity contribution in [3.63, 3.8) is 0 Å². The minimum absolute atomic E-state index is 0.0880. The van der Waals surface area contributed by atoms with Crippen LogP contribution in [0.3, 0.4) is 0 Å². The first-order valence-electron chi connectivity index (χ1n) is 8.66. The van der Waals surface area contributed by atoms with Gasteiger partial charge in [-0.1, -0.05) is 0 Å². The molecule has 0 aliphatic carbocycles. The molecule has 3 rings (SSSR count). The Kier molecular flexibility index (Phi) is 5.04. The highest BCUT2D eigenvalue weighted by Gasteiger charge is 2.51. The van der Waals surface area contributed by atoms with E-state index in [2.05, 4.69) is 5.10 Å². The molecule has 28 heavy (non-hydrogen) atoms. The average molecular weight is 403 g/mol. The lowest BCUT2D eigenvalue weighted by molar-refractivity contribution is -1.10. The summed E-state index contributed by atoms with van der Waals surface area (Å²) in [6.07, 6.45) is -2.37. The van der Waals surface area contributed by atoms with Gasteiger partial charge < -0.3 is 5.73 Å². The molecular weight excluding hydrogens is 384 g/mol. The number of halogens is 4. The number of carbonyl (C=O) groups is 2. The van der Waals surface area contributed by atoms with Crippen molar-refractivity contribution in [1.82, 2.24) is 9.78 Å². The number of carbonyl (C=O) groups excluding carboxylic acids is 2. The Hall–Kier alpha value is -2.69. The van der Waals surface area contributed by atoms with Crippen molar-refractivity contribution in [3.8, 4) is 0 Å². The summed E-state index contributed by atoms with van der Waals surface area (Å²) in [7, 11) is 0. The van der Waals surface area contributed by atoms with Crippen LogP contribution in [0.1, 0.15) is 30.1 Å². The van der Waals surface area contributed by atoms with Gasteiger partial charge >= 0.3 is 12.1 Å². The standard InChI is InChI=1S/C17H18F4N4O3/c1-10(25(4-2-3-5-25)28-16(27)17(19,20)21)8-24-9-11-6-12(18)7-13(15(22)26)14(11)23-24/h6-7,9-10H,2-5,8H2,1H3,(H-,22,26)/p+1. The summed E-state index contributed by atoms with van der Waals surface area (Å²) in [5.41, 5.74) is 5.36. The van der Waals surface area contributed by atoms with Gasteiger partial charge in [-0.15, -0.1) is 4.65 Å². The lowest BCUT2D eigenvalue weighted by atomic mass is 10.1. The van der Waals surface area contributed by atoms with E-state index in [1.54, 1.807) is 6.92 Å². The van der Waals surface area contributed by atoms with Gasteiger partial charge in [0.15, 0.2) is 0 Å². The molecule has 0 bridgehead atoms. The molecule has 1 fully saturated rings. The Morgan fingerprint density at radius 3 is 2.54 bits per heavy atom. The Morgan fingerprint density at radius 2 is 1.96 bits per heavy atom. The summed E-state index contributed by atoms with van der Waals surface area (Å²) in [6.45, 7) is 2.26. The first-order chi connectivity index (χ1) is 13.0. The van der Waals surface area contributed by atoms with Crippen LogP contribution in [0.15, 0.2) is 18.3 Å². The highest BCUT2D eigenvalue weighted by molar-refractivity contribution is 6.04. The van der Waals surface area contributed by atoms with Crippen molar-refractivity contribution >= 4 is 22.8 Å². The Morgan fingerprint density at radius 1 is 1.32 bits per heavy atom. The minimum atomic E-state index is -5.08. The molecule has 1 atom stereocenters. The summed E-state index contributed by atoms with van der Waals surface area (Å²) in [6, 6.07) is 1.61. The number of hydroxylamine groups is 3. The summed E-state index contributed by atoms with van der Waals surface area (Å²) >= 11 is 0. The van der Waals surface area contributed by atoms with Crippen molar-refractivity contribution in [2.24, 2.45) is 5.73 Å². The number of likely N-dealkylation sites (tertiary alicyclic amines) is 1. The smallest absolute Gasteiger partial charge is 0.366 e. The number of hydrogen-bond acceptors (Lipinski definition) is 4. The molecule has 11 heteroatoms. The van der Waals surface area contributed by atoms with Gasteiger partial charge in [-0.05, 0) is 19.1 Å². The fourth-order valence-electron chi connectivity index (χ4n) is 3.56. The second-order valence-electron chi connectivity index (χ2n) is 6.94. The fourth-order valence-corrected chi connectivity index (χ4v) is 3.56. The van der Waals surface area contributed by atoms with E-state index in [1.165, 1.54) is 16.9 Å². The quantitative estimate of drug-likeness (QED) is 0.613. The maximum atomic E-state index is 13.7. The minimum Gasteiger partial charge on any atom is -0.366 e. The molecule has 2 aromatic rings. The number of hydrogen-bond donors (Lipinski definition) is 1. The van der Waals surface area contributed by atoms with Gasteiger partial charge in [0.2, 0.25) is 0 Å². The zero-order valence-corrected chi connectivity index (χ0v) is 15.0. The predicted molar refractivity (Wildman–Crippen MR) is 89.0 cm³/mol. The zero-order valence-electron chi connectivity index (χ0n) is 15.0. The number of primary amides is 1.